The maximum absolute atomic E-state index is 3.55. The number of hydrogen-bond acceptors (Lipinski definition) is 2. The summed E-state index contributed by atoms with van der Waals surface area (Å²) < 4.78 is 0. The van der Waals surface area contributed by atoms with Crippen LogP contribution in [0.2, 0.25) is 0 Å². The second-order valence-corrected chi connectivity index (χ2v) is 4.90. The lowest BCUT2D eigenvalue weighted by atomic mass is 9.98. The molecule has 0 spiro atoms. The first-order valence-corrected chi connectivity index (χ1v) is 6.29. The van der Waals surface area contributed by atoms with Crippen LogP contribution in [0.25, 0.3) is 0 Å². The summed E-state index contributed by atoms with van der Waals surface area (Å²) in [6.45, 7) is 11.4. The zero-order valence-electron chi connectivity index (χ0n) is 10.5. The Kier molecular flexibility index (Phi) is 5.96. The third kappa shape index (κ3) is 5.33. The molecule has 0 bridgehead atoms. The number of rotatable bonds is 5. The highest BCUT2D eigenvalue weighted by Crippen LogP contribution is 2.15. The first kappa shape index (κ1) is 12.7. The predicted octanol–water partition coefficient (Wildman–Crippen LogP) is 2.27. The van der Waals surface area contributed by atoms with Gasteiger partial charge >= 0.3 is 0 Å². The van der Waals surface area contributed by atoms with Crippen LogP contribution in [-0.4, -0.2) is 37.1 Å². The van der Waals surface area contributed by atoms with Crippen LogP contribution in [0.4, 0.5) is 0 Å². The van der Waals surface area contributed by atoms with Gasteiger partial charge in [0, 0.05) is 19.1 Å². The highest BCUT2D eigenvalue weighted by Gasteiger charge is 2.18. The van der Waals surface area contributed by atoms with Gasteiger partial charge in [-0.1, -0.05) is 26.0 Å². The lowest BCUT2D eigenvalue weighted by molar-refractivity contribution is 0.186. The summed E-state index contributed by atoms with van der Waals surface area (Å²) in [5.74, 6) is 0.853. The summed E-state index contributed by atoms with van der Waals surface area (Å²) in [5.41, 5.74) is 0. The lowest BCUT2D eigenvalue weighted by Crippen LogP contribution is -2.40. The Hall–Kier alpha value is -0.340. The van der Waals surface area contributed by atoms with E-state index in [9.17, 15) is 0 Å². The molecule has 0 saturated carbocycles. The van der Waals surface area contributed by atoms with Crippen LogP contribution in [0.15, 0.2) is 12.2 Å². The molecule has 1 N–H and O–H groups in total. The monoisotopic (exact) mass is 210 g/mol. The number of nitrogens with one attached hydrogen (secondary N) is 1. The van der Waals surface area contributed by atoms with Crippen LogP contribution in [-0.2, 0) is 0 Å². The van der Waals surface area contributed by atoms with E-state index in [1.54, 1.807) is 0 Å². The van der Waals surface area contributed by atoms with E-state index in [4.69, 9.17) is 0 Å². The Balaban J connectivity index is 2.22. The maximum atomic E-state index is 3.55. The molecule has 2 heteroatoms. The van der Waals surface area contributed by atoms with Crippen molar-refractivity contribution in [1.82, 2.24) is 10.2 Å². The smallest absolute Gasteiger partial charge is 0.0163 e. The van der Waals surface area contributed by atoms with Gasteiger partial charge in [0.15, 0.2) is 0 Å². The summed E-state index contributed by atoms with van der Waals surface area (Å²) in [5, 5.41) is 3.55. The molecule has 1 aliphatic rings. The minimum Gasteiger partial charge on any atom is -0.314 e. The molecule has 0 aromatic rings. The van der Waals surface area contributed by atoms with Crippen LogP contribution >= 0.6 is 0 Å². The molecule has 1 aliphatic heterocycles. The molecule has 1 fully saturated rings. The van der Waals surface area contributed by atoms with Gasteiger partial charge in [0.05, 0.1) is 0 Å². The van der Waals surface area contributed by atoms with Crippen molar-refractivity contribution >= 4 is 0 Å². The summed E-state index contributed by atoms with van der Waals surface area (Å²) in [6.07, 6.45) is 7.17. The van der Waals surface area contributed by atoms with Gasteiger partial charge in [0.25, 0.3) is 0 Å². The maximum Gasteiger partial charge on any atom is 0.0163 e. The molecule has 0 radical (unpaired) electrons. The lowest BCUT2D eigenvalue weighted by Gasteiger charge is -2.32. The molecule has 0 aromatic heterocycles. The average molecular weight is 210 g/mol. The minimum atomic E-state index is 0.621. The van der Waals surface area contributed by atoms with Gasteiger partial charge in [-0.3, -0.25) is 4.90 Å². The van der Waals surface area contributed by atoms with Crippen molar-refractivity contribution in [2.24, 2.45) is 5.92 Å². The summed E-state index contributed by atoms with van der Waals surface area (Å²) in [4.78, 5) is 2.57. The molecule has 1 saturated heterocycles. The standard InChI is InChI=1S/C13H26N2/c1-4-5-8-15-9-6-7-13(11-15)10-14-12(2)3/h4-5,12-14H,6-11H2,1-3H3. The van der Waals surface area contributed by atoms with Crippen molar-refractivity contribution in [3.05, 3.63) is 12.2 Å². The minimum absolute atomic E-state index is 0.621. The summed E-state index contributed by atoms with van der Waals surface area (Å²) >= 11 is 0. The van der Waals surface area contributed by atoms with E-state index in [2.05, 4.69) is 43.1 Å². The molecule has 88 valence electrons. The SMILES string of the molecule is CC=CCN1CCCC(CNC(C)C)C1. The fourth-order valence-electron chi connectivity index (χ4n) is 2.14. The number of allylic oxidation sites excluding steroid dienone is 1. The average Bonchev–Trinajstić information content (AvgIpc) is 2.24. The van der Waals surface area contributed by atoms with E-state index in [1.165, 1.54) is 32.5 Å². The fraction of sp³-hybridized carbons (Fsp3) is 0.846. The largest absolute Gasteiger partial charge is 0.314 e. The number of hydrogen-bond donors (Lipinski definition) is 1. The van der Waals surface area contributed by atoms with Crippen molar-refractivity contribution in [3.63, 3.8) is 0 Å². The van der Waals surface area contributed by atoms with Crippen molar-refractivity contribution < 1.29 is 0 Å². The second kappa shape index (κ2) is 7.02. The van der Waals surface area contributed by atoms with E-state index in [0.29, 0.717) is 6.04 Å². The van der Waals surface area contributed by atoms with E-state index in [-0.39, 0.29) is 0 Å². The first-order valence-electron chi connectivity index (χ1n) is 6.29. The van der Waals surface area contributed by atoms with E-state index >= 15 is 0 Å². The predicted molar refractivity (Wildman–Crippen MR) is 67.1 cm³/mol. The first-order chi connectivity index (χ1) is 7.22. The highest BCUT2D eigenvalue weighted by atomic mass is 15.1. The molecular weight excluding hydrogens is 184 g/mol. The van der Waals surface area contributed by atoms with Crippen LogP contribution < -0.4 is 5.32 Å². The normalized spacial score (nSPS) is 24.1. The Bertz CT molecular complexity index is 187. The van der Waals surface area contributed by atoms with Crippen LogP contribution in [0.3, 0.4) is 0 Å². The molecule has 0 amide bonds. The van der Waals surface area contributed by atoms with Crippen LogP contribution in [0.5, 0.6) is 0 Å². The third-order valence-electron chi connectivity index (χ3n) is 3.02. The highest BCUT2D eigenvalue weighted by molar-refractivity contribution is 4.84. The van der Waals surface area contributed by atoms with Crippen molar-refractivity contribution in [2.45, 2.75) is 39.7 Å². The number of nitrogens with zero attached hydrogens (tertiary/aromatic N) is 1. The van der Waals surface area contributed by atoms with Gasteiger partial charge in [-0.25, -0.2) is 0 Å². The summed E-state index contributed by atoms with van der Waals surface area (Å²) in [7, 11) is 0. The van der Waals surface area contributed by atoms with Crippen molar-refractivity contribution in [1.29, 1.82) is 0 Å². The van der Waals surface area contributed by atoms with Gasteiger partial charge in [0.1, 0.15) is 0 Å². The van der Waals surface area contributed by atoms with Gasteiger partial charge in [0.2, 0.25) is 0 Å². The number of piperidine rings is 1. The molecular formula is C13H26N2. The Morgan fingerprint density at radius 2 is 2.27 bits per heavy atom. The van der Waals surface area contributed by atoms with Gasteiger partial charge in [-0.05, 0) is 38.8 Å². The van der Waals surface area contributed by atoms with E-state index < -0.39 is 0 Å². The van der Waals surface area contributed by atoms with Gasteiger partial charge < -0.3 is 5.32 Å². The van der Waals surface area contributed by atoms with Crippen LogP contribution in [0, 0.1) is 5.92 Å². The molecule has 0 aliphatic carbocycles. The zero-order chi connectivity index (χ0) is 11.1. The Morgan fingerprint density at radius 3 is 2.93 bits per heavy atom. The summed E-state index contributed by atoms with van der Waals surface area (Å²) in [6, 6.07) is 0.621. The second-order valence-electron chi connectivity index (χ2n) is 4.90. The molecule has 1 heterocycles. The van der Waals surface area contributed by atoms with Crippen LogP contribution in [0.1, 0.15) is 33.6 Å². The Morgan fingerprint density at radius 1 is 1.47 bits per heavy atom. The zero-order valence-corrected chi connectivity index (χ0v) is 10.5. The fourth-order valence-corrected chi connectivity index (χ4v) is 2.14. The van der Waals surface area contributed by atoms with Crippen molar-refractivity contribution in [2.75, 3.05) is 26.2 Å². The topological polar surface area (TPSA) is 15.3 Å². The molecule has 0 aromatic carbocycles. The third-order valence-corrected chi connectivity index (χ3v) is 3.02. The van der Waals surface area contributed by atoms with Gasteiger partial charge in [-0.2, -0.15) is 0 Å². The van der Waals surface area contributed by atoms with Crippen molar-refractivity contribution in [3.8, 4) is 0 Å². The van der Waals surface area contributed by atoms with E-state index in [0.717, 1.165) is 12.5 Å². The van der Waals surface area contributed by atoms with Gasteiger partial charge in [-0.15, -0.1) is 0 Å². The molecule has 1 rings (SSSR count). The molecule has 1 atom stereocenters. The Labute approximate surface area is 94.7 Å². The van der Waals surface area contributed by atoms with E-state index in [1.807, 2.05) is 0 Å². The molecule has 1 unspecified atom stereocenters. The molecule has 2 nitrogen and oxygen atoms in total. The molecule has 15 heavy (non-hydrogen) atoms. The quantitative estimate of drug-likeness (QED) is 0.700. The number of likely N-dealkylation sites (tertiary alicyclic amines) is 1.